The van der Waals surface area contributed by atoms with Gasteiger partial charge in [-0.15, -0.1) is 0 Å². The zero-order valence-corrected chi connectivity index (χ0v) is 12.2. The molecule has 0 saturated heterocycles. The van der Waals surface area contributed by atoms with Crippen LogP contribution < -0.4 is 10.1 Å². The van der Waals surface area contributed by atoms with Crippen molar-refractivity contribution >= 4 is 11.7 Å². The normalized spacial score (nSPS) is 10.2. The Balaban J connectivity index is 2.02. The number of hydrogen-bond acceptors (Lipinski definition) is 2. The average molecular weight is 319 g/mol. The second kappa shape index (κ2) is 7.40. The van der Waals surface area contributed by atoms with Gasteiger partial charge in [0.1, 0.15) is 24.0 Å². The summed E-state index contributed by atoms with van der Waals surface area (Å²) in [6.45, 7) is 4.04. The van der Waals surface area contributed by atoms with Gasteiger partial charge < -0.3 is 15.2 Å². The SMILES string of the molecule is C=C(CNC(=O)O)c1cccc(COc2cc(F)cc(F)c2)c1. The second-order valence-corrected chi connectivity index (χ2v) is 4.86. The van der Waals surface area contributed by atoms with E-state index in [4.69, 9.17) is 9.84 Å². The smallest absolute Gasteiger partial charge is 0.404 e. The van der Waals surface area contributed by atoms with Crippen LogP contribution in [-0.2, 0) is 6.61 Å². The Hall–Kier alpha value is -2.89. The van der Waals surface area contributed by atoms with E-state index in [1.807, 2.05) is 0 Å². The minimum absolute atomic E-state index is 0.0965. The average Bonchev–Trinajstić information content (AvgIpc) is 2.50. The van der Waals surface area contributed by atoms with Crippen molar-refractivity contribution in [1.82, 2.24) is 5.32 Å². The molecule has 0 aliphatic heterocycles. The topological polar surface area (TPSA) is 58.6 Å². The summed E-state index contributed by atoms with van der Waals surface area (Å²) in [5, 5.41) is 10.8. The van der Waals surface area contributed by atoms with Gasteiger partial charge in [-0.25, -0.2) is 13.6 Å². The highest BCUT2D eigenvalue weighted by atomic mass is 19.1. The van der Waals surface area contributed by atoms with Gasteiger partial charge in [-0.2, -0.15) is 0 Å². The maximum atomic E-state index is 13.1. The fourth-order valence-electron chi connectivity index (χ4n) is 1.94. The summed E-state index contributed by atoms with van der Waals surface area (Å²) in [5.74, 6) is -1.32. The summed E-state index contributed by atoms with van der Waals surface area (Å²) in [6, 6.07) is 10.1. The quantitative estimate of drug-likeness (QED) is 0.851. The number of carboxylic acid groups (broad SMARTS) is 1. The number of halogens is 2. The van der Waals surface area contributed by atoms with Crippen molar-refractivity contribution in [2.24, 2.45) is 0 Å². The molecule has 0 unspecified atom stereocenters. The van der Waals surface area contributed by atoms with Gasteiger partial charge in [0.2, 0.25) is 0 Å². The van der Waals surface area contributed by atoms with Crippen molar-refractivity contribution in [2.75, 3.05) is 6.54 Å². The van der Waals surface area contributed by atoms with E-state index in [1.54, 1.807) is 24.3 Å². The molecule has 0 atom stereocenters. The zero-order valence-electron chi connectivity index (χ0n) is 12.2. The van der Waals surface area contributed by atoms with E-state index in [0.29, 0.717) is 5.57 Å². The van der Waals surface area contributed by atoms with Crippen molar-refractivity contribution in [3.05, 3.63) is 71.8 Å². The maximum Gasteiger partial charge on any atom is 0.404 e. The van der Waals surface area contributed by atoms with Crippen LogP contribution in [0, 0.1) is 11.6 Å². The van der Waals surface area contributed by atoms with E-state index in [0.717, 1.165) is 29.3 Å². The lowest BCUT2D eigenvalue weighted by Gasteiger charge is -2.10. The van der Waals surface area contributed by atoms with Crippen LogP contribution in [0.4, 0.5) is 13.6 Å². The van der Waals surface area contributed by atoms with Gasteiger partial charge in [0, 0.05) is 24.7 Å². The van der Waals surface area contributed by atoms with Crippen molar-refractivity contribution in [3.63, 3.8) is 0 Å². The number of benzene rings is 2. The Morgan fingerprint density at radius 1 is 1.17 bits per heavy atom. The van der Waals surface area contributed by atoms with Crippen LogP contribution in [0.25, 0.3) is 5.57 Å². The first-order valence-electron chi connectivity index (χ1n) is 6.77. The highest BCUT2D eigenvalue weighted by Crippen LogP contribution is 2.18. The molecule has 120 valence electrons. The minimum Gasteiger partial charge on any atom is -0.489 e. The van der Waals surface area contributed by atoms with Gasteiger partial charge in [0.15, 0.2) is 0 Å². The Morgan fingerprint density at radius 3 is 2.52 bits per heavy atom. The van der Waals surface area contributed by atoms with Crippen molar-refractivity contribution in [2.45, 2.75) is 6.61 Å². The molecular weight excluding hydrogens is 304 g/mol. The second-order valence-electron chi connectivity index (χ2n) is 4.86. The number of carbonyl (C=O) groups is 1. The van der Waals surface area contributed by atoms with Crippen LogP contribution in [-0.4, -0.2) is 17.7 Å². The number of rotatable bonds is 6. The first-order valence-corrected chi connectivity index (χ1v) is 6.77. The summed E-state index contributed by atoms with van der Waals surface area (Å²) >= 11 is 0. The first-order chi connectivity index (χ1) is 10.9. The van der Waals surface area contributed by atoms with Crippen molar-refractivity contribution < 1.29 is 23.4 Å². The van der Waals surface area contributed by atoms with Crippen LogP contribution in [0.3, 0.4) is 0 Å². The summed E-state index contributed by atoms with van der Waals surface area (Å²) in [6.07, 6.45) is -1.13. The number of ether oxygens (including phenoxy) is 1. The maximum absolute atomic E-state index is 13.1. The molecule has 0 fully saturated rings. The van der Waals surface area contributed by atoms with E-state index in [-0.39, 0.29) is 18.9 Å². The van der Waals surface area contributed by atoms with E-state index in [1.165, 1.54) is 0 Å². The van der Waals surface area contributed by atoms with Crippen LogP contribution >= 0.6 is 0 Å². The predicted octanol–water partition coefficient (Wildman–Crippen LogP) is 3.82. The van der Waals surface area contributed by atoms with Gasteiger partial charge in [-0.05, 0) is 22.8 Å². The van der Waals surface area contributed by atoms with Gasteiger partial charge in [0.05, 0.1) is 0 Å². The van der Waals surface area contributed by atoms with E-state index in [9.17, 15) is 13.6 Å². The molecule has 0 heterocycles. The van der Waals surface area contributed by atoms with Crippen LogP contribution in [0.1, 0.15) is 11.1 Å². The molecule has 0 saturated carbocycles. The van der Waals surface area contributed by atoms with Crippen LogP contribution in [0.15, 0.2) is 49.0 Å². The fourth-order valence-corrected chi connectivity index (χ4v) is 1.94. The number of amides is 1. The molecule has 2 rings (SSSR count). The Kier molecular flexibility index (Phi) is 5.30. The highest BCUT2D eigenvalue weighted by Gasteiger charge is 2.05. The Bertz CT molecular complexity index is 711. The molecule has 23 heavy (non-hydrogen) atoms. The summed E-state index contributed by atoms with van der Waals surface area (Å²) in [4.78, 5) is 10.5. The lowest BCUT2D eigenvalue weighted by atomic mass is 10.0. The number of hydrogen-bond donors (Lipinski definition) is 2. The van der Waals surface area contributed by atoms with Crippen LogP contribution in [0.5, 0.6) is 5.75 Å². The molecule has 0 aliphatic rings. The summed E-state index contributed by atoms with van der Waals surface area (Å²) in [7, 11) is 0. The molecule has 2 aromatic rings. The third kappa shape index (κ3) is 5.10. The third-order valence-electron chi connectivity index (χ3n) is 3.03. The molecule has 4 nitrogen and oxygen atoms in total. The molecule has 0 aromatic heterocycles. The molecule has 2 N–H and O–H groups in total. The lowest BCUT2D eigenvalue weighted by molar-refractivity contribution is 0.196. The summed E-state index contributed by atoms with van der Waals surface area (Å²) in [5.41, 5.74) is 2.12. The fraction of sp³-hybridized carbons (Fsp3) is 0.118. The van der Waals surface area contributed by atoms with Gasteiger partial charge >= 0.3 is 6.09 Å². The monoisotopic (exact) mass is 319 g/mol. The standard InChI is InChI=1S/C17H15F2NO3/c1-11(9-20-17(21)22)13-4-2-3-12(5-13)10-23-16-7-14(18)6-15(19)8-16/h2-8,20H,1,9-10H2,(H,21,22). The lowest BCUT2D eigenvalue weighted by Crippen LogP contribution is -2.22. The van der Waals surface area contributed by atoms with E-state index in [2.05, 4.69) is 11.9 Å². The van der Waals surface area contributed by atoms with E-state index >= 15 is 0 Å². The minimum atomic E-state index is -1.13. The Labute approximate surface area is 132 Å². The molecule has 0 spiro atoms. The predicted molar refractivity (Wildman–Crippen MR) is 82.2 cm³/mol. The molecule has 0 aliphatic carbocycles. The first kappa shape index (κ1) is 16.5. The molecule has 0 radical (unpaired) electrons. The molecule has 6 heteroatoms. The van der Waals surface area contributed by atoms with Gasteiger partial charge in [-0.3, -0.25) is 0 Å². The molecular formula is C17H15F2NO3. The van der Waals surface area contributed by atoms with E-state index < -0.39 is 17.7 Å². The number of nitrogens with one attached hydrogen (secondary N) is 1. The molecule has 2 aromatic carbocycles. The largest absolute Gasteiger partial charge is 0.489 e. The third-order valence-corrected chi connectivity index (χ3v) is 3.03. The van der Waals surface area contributed by atoms with Gasteiger partial charge in [0.25, 0.3) is 0 Å². The van der Waals surface area contributed by atoms with Crippen molar-refractivity contribution in [1.29, 1.82) is 0 Å². The summed E-state index contributed by atoms with van der Waals surface area (Å²) < 4.78 is 31.5. The van der Waals surface area contributed by atoms with Crippen molar-refractivity contribution in [3.8, 4) is 5.75 Å². The highest BCUT2D eigenvalue weighted by molar-refractivity contribution is 5.71. The molecule has 0 bridgehead atoms. The van der Waals surface area contributed by atoms with Crippen LogP contribution in [0.2, 0.25) is 0 Å². The zero-order chi connectivity index (χ0) is 16.8. The molecule has 1 amide bonds. The van der Waals surface area contributed by atoms with Gasteiger partial charge in [-0.1, -0.05) is 24.8 Å². The Morgan fingerprint density at radius 2 is 1.87 bits per heavy atom.